The number of esters is 2. The number of hydrogen-bond donors (Lipinski definition) is 1. The predicted molar refractivity (Wildman–Crippen MR) is 160 cm³/mol. The van der Waals surface area contributed by atoms with Crippen molar-refractivity contribution in [2.24, 2.45) is 0 Å². The van der Waals surface area contributed by atoms with Crippen molar-refractivity contribution >= 4 is 29.2 Å². The lowest BCUT2D eigenvalue weighted by Gasteiger charge is -2.14. The molecule has 1 aromatic heterocycles. The number of aromatic hydroxyl groups is 1. The van der Waals surface area contributed by atoms with Crippen molar-refractivity contribution in [3.63, 3.8) is 0 Å². The summed E-state index contributed by atoms with van der Waals surface area (Å²) < 4.78 is 26.4. The highest BCUT2D eigenvalue weighted by Gasteiger charge is 2.16. The summed E-state index contributed by atoms with van der Waals surface area (Å²) in [7, 11) is 0. The second kappa shape index (κ2) is 14.8. The average Bonchev–Trinajstić information content (AvgIpc) is 3.01. The molecule has 4 aromatic carbocycles. The summed E-state index contributed by atoms with van der Waals surface area (Å²) >= 11 is 0. The third kappa shape index (κ3) is 8.80. The van der Waals surface area contributed by atoms with Crippen LogP contribution in [0.2, 0.25) is 0 Å². The molecule has 0 aliphatic heterocycles. The molecule has 0 radical (unpaired) electrons. The lowest BCUT2D eigenvalue weighted by atomic mass is 10.2. The zero-order valence-corrected chi connectivity index (χ0v) is 23.9. The van der Waals surface area contributed by atoms with Gasteiger partial charge in [-0.1, -0.05) is 60.7 Å². The molecule has 10 heteroatoms. The molecule has 0 bridgehead atoms. The van der Waals surface area contributed by atoms with E-state index in [0.717, 1.165) is 11.1 Å². The van der Waals surface area contributed by atoms with Crippen LogP contribution in [0.15, 0.2) is 106 Å². The van der Waals surface area contributed by atoms with Crippen LogP contribution in [0.25, 0.3) is 11.0 Å². The second-order valence-electron chi connectivity index (χ2n) is 9.30. The highest BCUT2D eigenvalue weighted by molar-refractivity contribution is 5.84. The standard InChI is InChI=1S/C18H16O6.C16H12O4/c1-12(20)23-16-9-17(22-11-14-6-4-3-5-7-14)18(24-13(2)21)8-15(16)10-19;17-13-8-12-6-7-16(18)20-14(12)9-15(13)19-10-11-4-2-1-3-5-11/h3-10H,11H2,1-2H3;1-9,17H,10H2. The van der Waals surface area contributed by atoms with Gasteiger partial charge >= 0.3 is 17.6 Å². The van der Waals surface area contributed by atoms with E-state index in [-0.39, 0.29) is 40.9 Å². The number of hydrogen-bond acceptors (Lipinski definition) is 10. The number of phenolic OH excluding ortho intramolecular Hbond substituents is 1. The Labute approximate surface area is 252 Å². The molecule has 1 N–H and O–H groups in total. The monoisotopic (exact) mass is 596 g/mol. The Bertz CT molecular complexity index is 1810. The SMILES string of the molecule is CC(=O)Oc1cc(OCc2ccccc2)c(OC(C)=O)cc1C=O.O=c1ccc2cc(O)c(OCc3ccccc3)cc2o1. The molecule has 0 aliphatic carbocycles. The van der Waals surface area contributed by atoms with Gasteiger partial charge < -0.3 is 28.5 Å². The van der Waals surface area contributed by atoms with E-state index < -0.39 is 17.6 Å². The molecule has 1 heterocycles. The van der Waals surface area contributed by atoms with Crippen molar-refractivity contribution in [3.8, 4) is 28.7 Å². The van der Waals surface area contributed by atoms with E-state index in [1.165, 1.54) is 44.2 Å². The average molecular weight is 597 g/mol. The maximum atomic E-state index is 11.3. The quantitative estimate of drug-likeness (QED) is 0.0932. The van der Waals surface area contributed by atoms with Gasteiger partial charge in [-0.05, 0) is 29.3 Å². The Hall–Kier alpha value is -5.90. The van der Waals surface area contributed by atoms with E-state index in [0.29, 0.717) is 23.9 Å². The Kier molecular flexibility index (Phi) is 10.5. The number of carbonyl (C=O) groups is 3. The van der Waals surface area contributed by atoms with Gasteiger partial charge in [0.05, 0.1) is 5.56 Å². The third-order valence-electron chi connectivity index (χ3n) is 5.89. The Morgan fingerprint density at radius 1 is 0.705 bits per heavy atom. The maximum absolute atomic E-state index is 11.3. The predicted octanol–water partition coefficient (Wildman–Crippen LogP) is 6.01. The molecular formula is C34H28O10. The van der Waals surface area contributed by atoms with Gasteiger partial charge in [0.15, 0.2) is 29.3 Å². The van der Waals surface area contributed by atoms with Crippen LogP contribution in [-0.4, -0.2) is 23.3 Å². The van der Waals surface area contributed by atoms with Gasteiger partial charge in [0, 0.05) is 37.4 Å². The van der Waals surface area contributed by atoms with Gasteiger partial charge in [0.2, 0.25) is 0 Å². The number of ether oxygens (including phenoxy) is 4. The van der Waals surface area contributed by atoms with Gasteiger partial charge in [0.25, 0.3) is 0 Å². The minimum absolute atomic E-state index is 0.0160. The summed E-state index contributed by atoms with van der Waals surface area (Å²) in [6, 6.07) is 27.6. The first-order valence-corrected chi connectivity index (χ1v) is 13.3. The molecule has 0 saturated carbocycles. The number of fused-ring (bicyclic) bond motifs is 1. The molecule has 5 rings (SSSR count). The molecule has 0 aliphatic rings. The van der Waals surface area contributed by atoms with E-state index in [1.54, 1.807) is 6.07 Å². The van der Waals surface area contributed by atoms with E-state index in [2.05, 4.69) is 0 Å². The van der Waals surface area contributed by atoms with Gasteiger partial charge in [-0.15, -0.1) is 0 Å². The molecule has 224 valence electrons. The zero-order chi connectivity index (χ0) is 31.5. The number of rotatable bonds is 9. The van der Waals surface area contributed by atoms with Crippen LogP contribution in [0.1, 0.15) is 35.3 Å². The van der Waals surface area contributed by atoms with Crippen LogP contribution in [0.4, 0.5) is 0 Å². The number of benzene rings is 4. The van der Waals surface area contributed by atoms with E-state index in [9.17, 15) is 24.3 Å². The Morgan fingerprint density at radius 2 is 1.27 bits per heavy atom. The van der Waals surface area contributed by atoms with Crippen LogP contribution in [0.3, 0.4) is 0 Å². The van der Waals surface area contributed by atoms with Gasteiger partial charge in [-0.3, -0.25) is 14.4 Å². The molecule has 0 amide bonds. The van der Waals surface area contributed by atoms with Crippen molar-refractivity contribution in [3.05, 3.63) is 124 Å². The van der Waals surface area contributed by atoms with Crippen molar-refractivity contribution in [1.29, 1.82) is 0 Å². The third-order valence-corrected chi connectivity index (χ3v) is 5.89. The van der Waals surface area contributed by atoms with E-state index >= 15 is 0 Å². The topological polar surface area (TPSA) is 139 Å². The lowest BCUT2D eigenvalue weighted by Crippen LogP contribution is -2.08. The summed E-state index contributed by atoms with van der Waals surface area (Å²) in [5.74, 6) is -0.522. The summed E-state index contributed by atoms with van der Waals surface area (Å²) in [5, 5.41) is 10.6. The van der Waals surface area contributed by atoms with Crippen molar-refractivity contribution in [1.82, 2.24) is 0 Å². The maximum Gasteiger partial charge on any atom is 0.336 e. The Balaban J connectivity index is 0.000000204. The Morgan fingerprint density at radius 3 is 1.84 bits per heavy atom. The first-order valence-electron chi connectivity index (χ1n) is 13.3. The molecule has 0 saturated heterocycles. The second-order valence-corrected chi connectivity index (χ2v) is 9.30. The van der Waals surface area contributed by atoms with Crippen LogP contribution >= 0.6 is 0 Å². The molecule has 0 atom stereocenters. The minimum atomic E-state index is -0.577. The molecule has 5 aromatic rings. The summed E-state index contributed by atoms with van der Waals surface area (Å²) in [5.41, 5.74) is 1.92. The van der Waals surface area contributed by atoms with E-state index in [4.69, 9.17) is 23.4 Å². The smallest absolute Gasteiger partial charge is 0.336 e. The van der Waals surface area contributed by atoms with Crippen LogP contribution < -0.4 is 24.6 Å². The fourth-order valence-corrected chi connectivity index (χ4v) is 3.91. The minimum Gasteiger partial charge on any atom is -0.504 e. The largest absolute Gasteiger partial charge is 0.504 e. The molecule has 0 spiro atoms. The van der Waals surface area contributed by atoms with Gasteiger partial charge in [-0.25, -0.2) is 4.79 Å². The first kappa shape index (κ1) is 31.0. The molecule has 0 unspecified atom stereocenters. The normalized spacial score (nSPS) is 10.2. The first-order chi connectivity index (χ1) is 21.2. The molecule has 10 nitrogen and oxygen atoms in total. The number of carbonyl (C=O) groups excluding carboxylic acids is 3. The highest BCUT2D eigenvalue weighted by Crippen LogP contribution is 2.35. The number of aldehydes is 1. The fraction of sp³-hybridized carbons (Fsp3) is 0.118. The highest BCUT2D eigenvalue weighted by atomic mass is 16.6. The zero-order valence-electron chi connectivity index (χ0n) is 23.9. The number of phenols is 1. The van der Waals surface area contributed by atoms with Gasteiger partial charge in [-0.2, -0.15) is 0 Å². The lowest BCUT2D eigenvalue weighted by molar-refractivity contribution is -0.133. The molecular weight excluding hydrogens is 568 g/mol. The summed E-state index contributed by atoms with van der Waals surface area (Å²) in [6.45, 7) is 3.01. The van der Waals surface area contributed by atoms with E-state index in [1.807, 2.05) is 60.7 Å². The van der Waals surface area contributed by atoms with Crippen LogP contribution in [-0.2, 0) is 22.8 Å². The fourth-order valence-electron chi connectivity index (χ4n) is 3.91. The summed E-state index contributed by atoms with van der Waals surface area (Å²) in [4.78, 5) is 44.8. The summed E-state index contributed by atoms with van der Waals surface area (Å²) in [6.07, 6.45) is 0.506. The van der Waals surface area contributed by atoms with Crippen molar-refractivity contribution in [2.75, 3.05) is 0 Å². The molecule has 44 heavy (non-hydrogen) atoms. The van der Waals surface area contributed by atoms with Gasteiger partial charge in [0.1, 0.15) is 24.5 Å². The van der Waals surface area contributed by atoms with Crippen LogP contribution in [0, 0.1) is 0 Å². The van der Waals surface area contributed by atoms with Crippen molar-refractivity contribution in [2.45, 2.75) is 27.1 Å². The van der Waals surface area contributed by atoms with Crippen LogP contribution in [0.5, 0.6) is 28.7 Å². The van der Waals surface area contributed by atoms with Crippen molar-refractivity contribution < 1.29 is 42.9 Å². The molecule has 0 fully saturated rings.